The van der Waals surface area contributed by atoms with Gasteiger partial charge in [0.05, 0.1) is 7.05 Å². The van der Waals surface area contributed by atoms with Gasteiger partial charge < -0.3 is 4.90 Å². The van der Waals surface area contributed by atoms with Crippen LogP contribution >= 0.6 is 0 Å². The highest BCUT2D eigenvalue weighted by molar-refractivity contribution is 7.92. The second kappa shape index (κ2) is 3.68. The zero-order valence-corrected chi connectivity index (χ0v) is 7.89. The van der Waals surface area contributed by atoms with E-state index in [0.29, 0.717) is 9.71 Å². The summed E-state index contributed by atoms with van der Waals surface area (Å²) in [5.74, 6) is 0. The van der Waals surface area contributed by atoms with Gasteiger partial charge in [0, 0.05) is 12.5 Å². The molecule has 0 saturated carbocycles. The molecule has 0 aliphatic rings. The van der Waals surface area contributed by atoms with Crippen molar-refractivity contribution in [2.45, 2.75) is 0 Å². The van der Waals surface area contributed by atoms with Crippen LogP contribution < -0.4 is 4.90 Å². The molecule has 2 amide bonds. The molecule has 0 aromatic heterocycles. The molecule has 0 aromatic carbocycles. The number of rotatable bonds is 2. The number of nitrogens with one attached hydrogen (secondary N) is 1. The largest absolute Gasteiger partial charge is 0.404 e. The van der Waals surface area contributed by atoms with Crippen molar-refractivity contribution in [3.8, 4) is 0 Å². The summed E-state index contributed by atoms with van der Waals surface area (Å²) in [6, 6.07) is -0.630. The molecule has 5 nitrogen and oxygen atoms in total. The van der Waals surface area contributed by atoms with Crippen molar-refractivity contribution in [2.75, 3.05) is 14.1 Å². The Bertz CT molecular complexity index is 281. The van der Waals surface area contributed by atoms with Crippen molar-refractivity contribution in [1.82, 2.24) is 4.31 Å². The molecule has 1 unspecified atom stereocenters. The molecule has 0 rings (SSSR count). The number of hydrogen-bond donors (Lipinski definition) is 1. The third-order valence-electron chi connectivity index (χ3n) is 1.24. The minimum absolute atomic E-state index is 0.169. The van der Waals surface area contributed by atoms with Crippen molar-refractivity contribution in [3.05, 3.63) is 19.0 Å². The van der Waals surface area contributed by atoms with Gasteiger partial charge in [-0.25, -0.2) is 13.2 Å². The van der Waals surface area contributed by atoms with Gasteiger partial charge in [0.25, 0.3) is 10.0 Å². The molecule has 0 radical (unpaired) electrons. The molecule has 6 heteroatoms. The van der Waals surface area contributed by atoms with E-state index in [1.807, 2.05) is 0 Å². The van der Waals surface area contributed by atoms with Crippen LogP contribution in [-0.4, -0.2) is 32.8 Å². The van der Waals surface area contributed by atoms with Gasteiger partial charge in [-0.15, -0.1) is 7.05 Å². The Hall–Kier alpha value is -0.880. The maximum absolute atomic E-state index is 11.0. The number of carbonyl (C=O) groups excluding carboxylic acids is 1. The van der Waals surface area contributed by atoms with Gasteiger partial charge in [-0.05, 0) is 0 Å². The fourth-order valence-corrected chi connectivity index (χ4v) is 1.11. The van der Waals surface area contributed by atoms with Crippen LogP contribution in [0.4, 0.5) is 4.79 Å². The number of quaternary nitrogens is 1. The van der Waals surface area contributed by atoms with Gasteiger partial charge in [0.15, 0.2) is 0 Å². The van der Waals surface area contributed by atoms with Gasteiger partial charge in [-0.2, -0.15) is 4.31 Å². The van der Waals surface area contributed by atoms with E-state index in [2.05, 4.69) is 13.6 Å². The normalized spacial score (nSPS) is 13.6. The SMILES string of the molecule is C=CS(=O)(=O)N(C)C(=O)[NH+]([CH2-])C. The molecular weight excluding hydrogens is 180 g/mol. The van der Waals surface area contributed by atoms with Crippen LogP contribution in [0.1, 0.15) is 0 Å². The van der Waals surface area contributed by atoms with E-state index in [-0.39, 0.29) is 4.90 Å². The smallest absolute Gasteiger partial charge is 0.385 e. The van der Waals surface area contributed by atoms with Crippen molar-refractivity contribution >= 4 is 16.1 Å². The molecule has 1 N–H and O–H groups in total. The van der Waals surface area contributed by atoms with E-state index < -0.39 is 16.1 Å². The standard InChI is InChI=1S/C6H12N2O3S/c1-5-12(10,11)8(4)6(9)7(2)3/h5,7H,1-2H2,3-4H3. The highest BCUT2D eigenvalue weighted by atomic mass is 32.2. The Morgan fingerprint density at radius 1 is 1.67 bits per heavy atom. The minimum atomic E-state index is -3.66. The Kier molecular flexibility index (Phi) is 3.41. The van der Waals surface area contributed by atoms with Crippen LogP contribution in [0.2, 0.25) is 0 Å². The number of hydrogen-bond acceptors (Lipinski definition) is 3. The maximum atomic E-state index is 11.0. The van der Waals surface area contributed by atoms with Crippen LogP contribution in [0.25, 0.3) is 0 Å². The Labute approximate surface area is 72.3 Å². The molecule has 0 aliphatic heterocycles. The van der Waals surface area contributed by atoms with Crippen LogP contribution in [0.5, 0.6) is 0 Å². The topological polar surface area (TPSA) is 58.9 Å². The predicted octanol–water partition coefficient (Wildman–Crippen LogP) is -1.18. The van der Waals surface area contributed by atoms with E-state index in [4.69, 9.17) is 0 Å². The molecule has 0 aliphatic carbocycles. The fourth-order valence-electron chi connectivity index (χ4n) is 0.496. The molecule has 70 valence electrons. The minimum Gasteiger partial charge on any atom is -0.385 e. The zero-order valence-electron chi connectivity index (χ0n) is 7.07. The van der Waals surface area contributed by atoms with Gasteiger partial charge in [0.1, 0.15) is 0 Å². The van der Waals surface area contributed by atoms with Gasteiger partial charge in [-0.1, -0.05) is 6.58 Å². The summed E-state index contributed by atoms with van der Waals surface area (Å²) < 4.78 is 22.6. The first-order valence-electron chi connectivity index (χ1n) is 3.14. The number of amides is 2. The maximum Gasteiger partial charge on any atom is 0.404 e. The average molecular weight is 192 g/mol. The van der Waals surface area contributed by atoms with E-state index >= 15 is 0 Å². The molecule has 1 atom stereocenters. The summed E-state index contributed by atoms with van der Waals surface area (Å²) in [6.45, 7) is 3.08. The van der Waals surface area contributed by atoms with Crippen molar-refractivity contribution in [1.29, 1.82) is 0 Å². The lowest BCUT2D eigenvalue weighted by Gasteiger charge is -2.18. The average Bonchev–Trinajstić information content (AvgIpc) is 2.01. The summed E-state index contributed by atoms with van der Waals surface area (Å²) >= 11 is 0. The molecule has 0 bridgehead atoms. The Morgan fingerprint density at radius 3 is 2.33 bits per heavy atom. The van der Waals surface area contributed by atoms with Gasteiger partial charge >= 0.3 is 6.03 Å². The third kappa shape index (κ3) is 2.31. The molecule has 0 aromatic rings. The summed E-state index contributed by atoms with van der Waals surface area (Å²) in [7, 11) is 2.28. The van der Waals surface area contributed by atoms with E-state index in [0.717, 1.165) is 7.05 Å². The Balaban J connectivity index is 4.74. The first-order valence-corrected chi connectivity index (χ1v) is 4.64. The van der Waals surface area contributed by atoms with Crippen molar-refractivity contribution < 1.29 is 18.1 Å². The molecule has 0 heterocycles. The second-order valence-corrected chi connectivity index (χ2v) is 4.18. The van der Waals surface area contributed by atoms with Crippen LogP contribution in [0.3, 0.4) is 0 Å². The van der Waals surface area contributed by atoms with Crippen LogP contribution in [0.15, 0.2) is 12.0 Å². The van der Waals surface area contributed by atoms with Gasteiger partial charge in [0.2, 0.25) is 0 Å². The first kappa shape index (κ1) is 11.1. The molecular formula is C6H12N2O3S. The highest BCUT2D eigenvalue weighted by Crippen LogP contribution is 1.96. The number of nitrogens with zero attached hydrogens (tertiary/aromatic N) is 1. The predicted molar refractivity (Wildman–Crippen MR) is 44.5 cm³/mol. The first-order chi connectivity index (χ1) is 5.33. The zero-order chi connectivity index (χ0) is 9.94. The molecule has 12 heavy (non-hydrogen) atoms. The molecule has 0 saturated heterocycles. The second-order valence-electron chi connectivity index (χ2n) is 2.26. The van der Waals surface area contributed by atoms with Crippen LogP contribution in [-0.2, 0) is 10.0 Å². The van der Waals surface area contributed by atoms with Crippen molar-refractivity contribution in [3.63, 3.8) is 0 Å². The van der Waals surface area contributed by atoms with Gasteiger partial charge in [-0.3, -0.25) is 0 Å². The number of sulfonamides is 1. The molecule has 0 spiro atoms. The quantitative estimate of drug-likeness (QED) is 0.560. The van der Waals surface area contributed by atoms with Crippen LogP contribution in [0, 0.1) is 7.05 Å². The monoisotopic (exact) mass is 192 g/mol. The number of carbonyl (C=O) groups is 1. The van der Waals surface area contributed by atoms with Crippen molar-refractivity contribution in [2.24, 2.45) is 0 Å². The van der Waals surface area contributed by atoms with E-state index in [1.165, 1.54) is 7.05 Å². The lowest BCUT2D eigenvalue weighted by atomic mass is 10.8. The lowest BCUT2D eigenvalue weighted by molar-refractivity contribution is -0.743. The summed E-state index contributed by atoms with van der Waals surface area (Å²) in [5.41, 5.74) is 0. The lowest BCUT2D eigenvalue weighted by Crippen LogP contribution is -3.08. The van der Waals surface area contributed by atoms with E-state index in [1.54, 1.807) is 0 Å². The third-order valence-corrected chi connectivity index (χ3v) is 2.59. The molecule has 0 fully saturated rings. The fraction of sp³-hybridized carbons (Fsp3) is 0.333. The number of urea groups is 1. The highest BCUT2D eigenvalue weighted by Gasteiger charge is 2.22. The summed E-state index contributed by atoms with van der Waals surface area (Å²) in [4.78, 5) is 11.2. The summed E-state index contributed by atoms with van der Waals surface area (Å²) in [6.07, 6.45) is 0. The Morgan fingerprint density at radius 2 is 2.08 bits per heavy atom. The van der Waals surface area contributed by atoms with E-state index in [9.17, 15) is 13.2 Å². The summed E-state index contributed by atoms with van der Waals surface area (Å²) in [5, 5.41) is 0.716.